The van der Waals surface area contributed by atoms with Crippen molar-refractivity contribution < 1.29 is 18.3 Å². The minimum Gasteiger partial charge on any atom is -0.394 e. The monoisotopic (exact) mass is 354 g/mol. The lowest BCUT2D eigenvalue weighted by Crippen LogP contribution is -2.22. The molecule has 1 heterocycles. The highest BCUT2D eigenvalue weighted by Crippen LogP contribution is 2.31. The number of alkyl halides is 3. The van der Waals surface area contributed by atoms with Crippen LogP contribution in [-0.4, -0.2) is 27.7 Å². The van der Waals surface area contributed by atoms with Crippen LogP contribution in [0.2, 0.25) is 0 Å². The molecule has 1 aromatic heterocycles. The van der Waals surface area contributed by atoms with Gasteiger partial charge in [0.1, 0.15) is 5.82 Å². The number of rotatable bonds is 6. The first-order chi connectivity index (χ1) is 11.7. The quantitative estimate of drug-likeness (QED) is 0.734. The molecule has 0 saturated heterocycles. The van der Waals surface area contributed by atoms with Crippen molar-refractivity contribution in [3.05, 3.63) is 41.1 Å². The molecule has 0 aliphatic rings. The summed E-state index contributed by atoms with van der Waals surface area (Å²) in [6.45, 7) is 5.21. The maximum absolute atomic E-state index is 13.1. The molecule has 8 heteroatoms. The molecule has 0 fully saturated rings. The molecule has 1 aromatic carbocycles. The molecule has 0 aliphatic heterocycles. The highest BCUT2D eigenvalue weighted by molar-refractivity contribution is 5.65. The Morgan fingerprint density at radius 3 is 2.56 bits per heavy atom. The Bertz CT molecular complexity index is 734. The lowest BCUT2D eigenvalue weighted by Gasteiger charge is -2.17. The van der Waals surface area contributed by atoms with Gasteiger partial charge < -0.3 is 15.7 Å². The van der Waals surface area contributed by atoms with E-state index in [1.807, 2.05) is 32.0 Å². The first kappa shape index (κ1) is 19.0. The molecular formula is C17H21F3N4O. The van der Waals surface area contributed by atoms with E-state index in [4.69, 9.17) is 5.11 Å². The van der Waals surface area contributed by atoms with Gasteiger partial charge in [-0.15, -0.1) is 0 Å². The summed E-state index contributed by atoms with van der Waals surface area (Å²) in [7, 11) is 0. The molecule has 2 aromatic rings. The van der Waals surface area contributed by atoms with Gasteiger partial charge in [0.05, 0.1) is 6.61 Å². The Balaban J connectivity index is 2.45. The molecule has 1 atom stereocenters. The van der Waals surface area contributed by atoms with Crippen molar-refractivity contribution in [3.63, 3.8) is 0 Å². The van der Waals surface area contributed by atoms with Gasteiger partial charge in [-0.3, -0.25) is 0 Å². The minimum atomic E-state index is -4.60. The third-order valence-electron chi connectivity index (χ3n) is 3.66. The number of nitrogens with one attached hydrogen (secondary N) is 2. The van der Waals surface area contributed by atoms with Crippen molar-refractivity contribution in [2.45, 2.75) is 39.4 Å². The Kier molecular flexibility index (Phi) is 5.84. The average Bonchev–Trinajstić information content (AvgIpc) is 2.55. The van der Waals surface area contributed by atoms with Gasteiger partial charge >= 0.3 is 6.18 Å². The second-order valence-corrected chi connectivity index (χ2v) is 5.78. The van der Waals surface area contributed by atoms with Gasteiger partial charge in [0.25, 0.3) is 0 Å². The zero-order valence-corrected chi connectivity index (χ0v) is 14.3. The van der Waals surface area contributed by atoms with E-state index in [1.54, 1.807) is 6.92 Å². The number of hydrogen-bond donors (Lipinski definition) is 3. The maximum Gasteiger partial charge on any atom is 0.433 e. The van der Waals surface area contributed by atoms with Crippen LogP contribution in [0, 0.1) is 6.92 Å². The summed E-state index contributed by atoms with van der Waals surface area (Å²) < 4.78 is 39.4. The normalized spacial score (nSPS) is 12.8. The zero-order valence-electron chi connectivity index (χ0n) is 14.3. The van der Waals surface area contributed by atoms with Gasteiger partial charge in [0.2, 0.25) is 5.95 Å². The van der Waals surface area contributed by atoms with E-state index < -0.39 is 17.9 Å². The van der Waals surface area contributed by atoms with E-state index in [9.17, 15) is 13.2 Å². The second kappa shape index (κ2) is 7.69. The van der Waals surface area contributed by atoms with Crippen molar-refractivity contribution in [1.29, 1.82) is 0 Å². The Labute approximate surface area is 144 Å². The van der Waals surface area contributed by atoms with E-state index in [2.05, 4.69) is 20.6 Å². The predicted molar refractivity (Wildman–Crippen MR) is 91.0 cm³/mol. The van der Waals surface area contributed by atoms with Crippen molar-refractivity contribution >= 4 is 17.5 Å². The highest BCUT2D eigenvalue weighted by Gasteiger charge is 2.34. The smallest absolute Gasteiger partial charge is 0.394 e. The third-order valence-corrected chi connectivity index (χ3v) is 3.66. The molecule has 0 spiro atoms. The van der Waals surface area contributed by atoms with Gasteiger partial charge in [0, 0.05) is 17.8 Å². The molecule has 0 radical (unpaired) electrons. The summed E-state index contributed by atoms with van der Waals surface area (Å²) in [6.07, 6.45) is -3.87. The molecule has 0 aliphatic carbocycles. The number of nitrogens with zero attached hydrogens (tertiary/aromatic N) is 2. The van der Waals surface area contributed by atoms with E-state index in [0.29, 0.717) is 0 Å². The number of hydrogen-bond acceptors (Lipinski definition) is 5. The standard InChI is InChI=1S/C17H21F3N4O/c1-4-12-7-5-6-10(2)15(12)23-14-8-13(17(18,19)20)22-16(24-14)21-11(3)9-25/h5-8,11,25H,4,9H2,1-3H3,(H2,21,22,23,24)/t11-/m0/s1. The fourth-order valence-corrected chi connectivity index (χ4v) is 2.32. The third kappa shape index (κ3) is 4.82. The fourth-order valence-electron chi connectivity index (χ4n) is 2.32. The molecule has 3 N–H and O–H groups in total. The molecule has 0 saturated carbocycles. The van der Waals surface area contributed by atoms with Crippen molar-refractivity contribution in [2.75, 3.05) is 17.2 Å². The minimum absolute atomic E-state index is 0.0407. The number of aromatic nitrogens is 2. The lowest BCUT2D eigenvalue weighted by molar-refractivity contribution is -0.141. The molecule has 2 rings (SSSR count). The summed E-state index contributed by atoms with van der Waals surface area (Å²) in [4.78, 5) is 7.60. The number of anilines is 3. The van der Waals surface area contributed by atoms with Crippen LogP contribution in [0.4, 0.5) is 30.6 Å². The molecular weight excluding hydrogens is 333 g/mol. The Hall–Kier alpha value is -2.35. The van der Waals surface area contributed by atoms with Crippen LogP contribution in [0.5, 0.6) is 0 Å². The molecule has 0 amide bonds. The van der Waals surface area contributed by atoms with Crippen LogP contribution in [-0.2, 0) is 12.6 Å². The van der Waals surface area contributed by atoms with Gasteiger partial charge in [-0.2, -0.15) is 18.2 Å². The molecule has 25 heavy (non-hydrogen) atoms. The zero-order chi connectivity index (χ0) is 18.6. The largest absolute Gasteiger partial charge is 0.433 e. The van der Waals surface area contributed by atoms with Crippen LogP contribution in [0.15, 0.2) is 24.3 Å². The van der Waals surface area contributed by atoms with E-state index in [1.165, 1.54) is 0 Å². The number of benzene rings is 1. The van der Waals surface area contributed by atoms with Crippen LogP contribution in [0.1, 0.15) is 30.7 Å². The first-order valence-corrected chi connectivity index (χ1v) is 7.93. The Morgan fingerprint density at radius 1 is 1.24 bits per heavy atom. The fraction of sp³-hybridized carbons (Fsp3) is 0.412. The molecule has 136 valence electrons. The van der Waals surface area contributed by atoms with Crippen molar-refractivity contribution in [2.24, 2.45) is 0 Å². The van der Waals surface area contributed by atoms with Gasteiger partial charge in [-0.05, 0) is 31.4 Å². The van der Waals surface area contributed by atoms with Crippen molar-refractivity contribution in [3.8, 4) is 0 Å². The summed E-state index contributed by atoms with van der Waals surface area (Å²) in [5.74, 6) is -0.149. The lowest BCUT2D eigenvalue weighted by atomic mass is 10.1. The Morgan fingerprint density at radius 2 is 1.96 bits per heavy atom. The number of aryl methyl sites for hydroxylation is 2. The van der Waals surface area contributed by atoms with Gasteiger partial charge in [-0.1, -0.05) is 25.1 Å². The summed E-state index contributed by atoms with van der Waals surface area (Å²) in [5.41, 5.74) is 1.57. The number of aliphatic hydroxyl groups excluding tert-OH is 1. The van der Waals surface area contributed by atoms with E-state index in [-0.39, 0.29) is 18.4 Å². The first-order valence-electron chi connectivity index (χ1n) is 7.93. The summed E-state index contributed by atoms with van der Waals surface area (Å²) in [5, 5.41) is 14.7. The maximum atomic E-state index is 13.1. The second-order valence-electron chi connectivity index (χ2n) is 5.78. The molecule has 5 nitrogen and oxygen atoms in total. The van der Waals surface area contributed by atoms with Crippen LogP contribution >= 0.6 is 0 Å². The van der Waals surface area contributed by atoms with Crippen LogP contribution in [0.3, 0.4) is 0 Å². The van der Waals surface area contributed by atoms with Gasteiger partial charge in [0.15, 0.2) is 5.69 Å². The molecule has 0 unspecified atom stereocenters. The number of aliphatic hydroxyl groups is 1. The number of para-hydroxylation sites is 1. The van der Waals surface area contributed by atoms with Gasteiger partial charge in [-0.25, -0.2) is 4.98 Å². The van der Waals surface area contributed by atoms with Crippen LogP contribution < -0.4 is 10.6 Å². The predicted octanol–water partition coefficient (Wildman–Crippen LogP) is 3.90. The highest BCUT2D eigenvalue weighted by atomic mass is 19.4. The average molecular weight is 354 g/mol. The topological polar surface area (TPSA) is 70.1 Å². The number of halogens is 3. The SMILES string of the molecule is CCc1cccc(C)c1Nc1cc(C(F)(F)F)nc(N[C@@H](C)CO)n1. The molecule has 0 bridgehead atoms. The summed E-state index contributed by atoms with van der Waals surface area (Å²) in [6, 6.07) is 6.09. The summed E-state index contributed by atoms with van der Waals surface area (Å²) >= 11 is 0. The van der Waals surface area contributed by atoms with Crippen LogP contribution in [0.25, 0.3) is 0 Å². The van der Waals surface area contributed by atoms with E-state index in [0.717, 1.165) is 29.3 Å². The van der Waals surface area contributed by atoms with E-state index >= 15 is 0 Å². The van der Waals surface area contributed by atoms with Crippen molar-refractivity contribution in [1.82, 2.24) is 9.97 Å².